The van der Waals surface area contributed by atoms with Crippen LogP contribution in [0.5, 0.6) is 0 Å². The number of rotatable bonds is 0. The highest BCUT2D eigenvalue weighted by molar-refractivity contribution is 7.04. The van der Waals surface area contributed by atoms with Gasteiger partial charge in [-0.1, -0.05) is 69.4 Å². The van der Waals surface area contributed by atoms with Crippen molar-refractivity contribution >= 4 is 18.4 Å². The molecule has 0 saturated heterocycles. The van der Waals surface area contributed by atoms with Crippen molar-refractivity contribution in [1.82, 2.24) is 4.98 Å². The van der Waals surface area contributed by atoms with E-state index in [9.17, 15) is 0 Å². The van der Waals surface area contributed by atoms with Crippen LogP contribution in [0.1, 0.15) is 25.0 Å². The molecule has 0 atom stereocenters. The Morgan fingerprint density at radius 1 is 0.792 bits per heavy atom. The average Bonchev–Trinajstić information content (AvgIpc) is 2.78. The highest BCUT2D eigenvalue weighted by atomic mass is 28.3. The highest BCUT2D eigenvalue weighted by Crippen LogP contribution is 2.49. The maximum atomic E-state index is 4.83. The lowest BCUT2D eigenvalue weighted by atomic mass is 9.76. The van der Waals surface area contributed by atoms with Crippen LogP contribution in [0, 0.1) is 0 Å². The summed E-state index contributed by atoms with van der Waals surface area (Å²) < 4.78 is 0. The van der Waals surface area contributed by atoms with Gasteiger partial charge >= 0.3 is 0 Å². The van der Waals surface area contributed by atoms with E-state index < -0.39 is 8.07 Å². The molecule has 118 valence electrons. The molecule has 1 aliphatic heterocycles. The normalized spacial score (nSPS) is 17.8. The Morgan fingerprint density at radius 3 is 2.25 bits per heavy atom. The second-order valence-corrected chi connectivity index (χ2v) is 12.4. The zero-order valence-electron chi connectivity index (χ0n) is 14.6. The third-order valence-electron chi connectivity index (χ3n) is 6.14. The predicted molar refractivity (Wildman–Crippen MR) is 104 cm³/mol. The molecular weight excluding hydrogens is 306 g/mol. The minimum atomic E-state index is -1.64. The Hall–Kier alpha value is -2.19. The maximum absolute atomic E-state index is 4.83. The van der Waals surface area contributed by atoms with Crippen molar-refractivity contribution in [3.05, 3.63) is 65.9 Å². The van der Waals surface area contributed by atoms with Crippen LogP contribution >= 0.6 is 0 Å². The summed E-state index contributed by atoms with van der Waals surface area (Å²) in [4.78, 5) is 4.83. The quantitative estimate of drug-likeness (QED) is 0.564. The molecular formula is C22H21NSi. The Kier molecular flexibility index (Phi) is 2.51. The SMILES string of the molecule is CC1(C)c2cccnc2-c2cccc3c2-c2c1cccc2[Si]3(C)C. The van der Waals surface area contributed by atoms with E-state index in [1.165, 1.54) is 27.8 Å². The summed E-state index contributed by atoms with van der Waals surface area (Å²) in [5, 5.41) is 3.15. The summed E-state index contributed by atoms with van der Waals surface area (Å²) in [7, 11) is -1.64. The zero-order valence-corrected chi connectivity index (χ0v) is 15.6. The fraction of sp³-hybridized carbons (Fsp3) is 0.227. The fourth-order valence-electron chi connectivity index (χ4n) is 4.82. The van der Waals surface area contributed by atoms with Crippen LogP contribution in [0.15, 0.2) is 54.7 Å². The summed E-state index contributed by atoms with van der Waals surface area (Å²) in [6, 6.07) is 18.1. The van der Waals surface area contributed by atoms with Crippen molar-refractivity contribution < 1.29 is 0 Å². The van der Waals surface area contributed by atoms with Gasteiger partial charge in [0.2, 0.25) is 0 Å². The predicted octanol–water partition coefficient (Wildman–Crippen LogP) is 4.19. The second-order valence-electron chi connectivity index (χ2n) is 8.11. The van der Waals surface area contributed by atoms with E-state index in [0.717, 1.165) is 5.69 Å². The van der Waals surface area contributed by atoms with Gasteiger partial charge in [0.1, 0.15) is 8.07 Å². The Labute approximate surface area is 144 Å². The van der Waals surface area contributed by atoms with Gasteiger partial charge in [0.05, 0.1) is 5.69 Å². The highest BCUT2D eigenvalue weighted by Gasteiger charge is 2.44. The van der Waals surface area contributed by atoms with E-state index >= 15 is 0 Å². The number of fused-ring (bicyclic) bond motifs is 2. The summed E-state index contributed by atoms with van der Waals surface area (Å²) >= 11 is 0. The van der Waals surface area contributed by atoms with Crippen molar-refractivity contribution in [2.45, 2.75) is 32.4 Å². The molecule has 1 aromatic heterocycles. The molecule has 0 amide bonds. The van der Waals surface area contributed by atoms with E-state index in [1.807, 2.05) is 6.20 Å². The van der Waals surface area contributed by atoms with Crippen LogP contribution in [-0.4, -0.2) is 13.1 Å². The number of nitrogens with zero attached hydrogens (tertiary/aromatic N) is 1. The molecule has 2 heteroatoms. The Morgan fingerprint density at radius 2 is 1.46 bits per heavy atom. The first-order valence-electron chi connectivity index (χ1n) is 8.68. The maximum Gasteiger partial charge on any atom is 0.113 e. The average molecular weight is 328 g/mol. The third kappa shape index (κ3) is 1.48. The molecule has 24 heavy (non-hydrogen) atoms. The van der Waals surface area contributed by atoms with Crippen molar-refractivity contribution in [2.24, 2.45) is 0 Å². The minimum Gasteiger partial charge on any atom is -0.256 e. The van der Waals surface area contributed by atoms with E-state index in [1.54, 1.807) is 10.4 Å². The molecule has 5 rings (SSSR count). The van der Waals surface area contributed by atoms with E-state index in [4.69, 9.17) is 4.98 Å². The first-order chi connectivity index (χ1) is 11.4. The summed E-state index contributed by atoms with van der Waals surface area (Å²) in [6.45, 7) is 9.67. The van der Waals surface area contributed by atoms with Crippen LogP contribution in [-0.2, 0) is 5.41 Å². The Bertz CT molecular complexity index is 1010. The van der Waals surface area contributed by atoms with Crippen molar-refractivity contribution in [3.8, 4) is 22.4 Å². The smallest absolute Gasteiger partial charge is 0.113 e. The summed E-state index contributed by atoms with van der Waals surface area (Å²) in [5.41, 5.74) is 8.20. The van der Waals surface area contributed by atoms with Crippen LogP contribution in [0.4, 0.5) is 0 Å². The van der Waals surface area contributed by atoms with Crippen LogP contribution in [0.2, 0.25) is 13.1 Å². The number of hydrogen-bond acceptors (Lipinski definition) is 1. The molecule has 1 nitrogen and oxygen atoms in total. The lowest BCUT2D eigenvalue weighted by Crippen LogP contribution is -2.49. The molecule has 2 aliphatic rings. The van der Waals surface area contributed by atoms with Crippen molar-refractivity contribution in [3.63, 3.8) is 0 Å². The van der Waals surface area contributed by atoms with E-state index in [2.05, 4.69) is 75.5 Å². The van der Waals surface area contributed by atoms with Crippen molar-refractivity contribution in [1.29, 1.82) is 0 Å². The Balaban J connectivity index is 2.08. The van der Waals surface area contributed by atoms with Crippen LogP contribution in [0.25, 0.3) is 22.4 Å². The zero-order chi connectivity index (χ0) is 16.7. The van der Waals surface area contributed by atoms with Crippen LogP contribution < -0.4 is 10.4 Å². The molecule has 0 saturated carbocycles. The number of aromatic nitrogens is 1. The van der Waals surface area contributed by atoms with Gasteiger partial charge in [-0.05, 0) is 38.7 Å². The van der Waals surface area contributed by atoms with Crippen molar-refractivity contribution in [2.75, 3.05) is 0 Å². The van der Waals surface area contributed by atoms with Gasteiger partial charge in [-0.25, -0.2) is 0 Å². The molecule has 0 radical (unpaired) electrons. The van der Waals surface area contributed by atoms with Gasteiger partial charge in [-0.15, -0.1) is 0 Å². The molecule has 3 aromatic rings. The van der Waals surface area contributed by atoms with E-state index in [-0.39, 0.29) is 5.41 Å². The van der Waals surface area contributed by atoms with Gasteiger partial charge in [-0.2, -0.15) is 0 Å². The third-order valence-corrected chi connectivity index (χ3v) is 9.66. The topological polar surface area (TPSA) is 12.9 Å². The monoisotopic (exact) mass is 327 g/mol. The van der Waals surface area contributed by atoms with Crippen LogP contribution in [0.3, 0.4) is 0 Å². The number of benzene rings is 2. The molecule has 0 spiro atoms. The van der Waals surface area contributed by atoms with Gasteiger partial charge < -0.3 is 0 Å². The molecule has 1 aliphatic carbocycles. The first kappa shape index (κ1) is 14.2. The lowest BCUT2D eigenvalue weighted by molar-refractivity contribution is 0.644. The largest absolute Gasteiger partial charge is 0.256 e. The number of hydrogen-bond donors (Lipinski definition) is 0. The first-order valence-corrected chi connectivity index (χ1v) is 11.7. The fourth-order valence-corrected chi connectivity index (χ4v) is 7.90. The lowest BCUT2D eigenvalue weighted by Gasteiger charge is -2.29. The molecule has 0 N–H and O–H groups in total. The molecule has 0 fully saturated rings. The molecule has 0 bridgehead atoms. The molecule has 0 unspecified atom stereocenters. The van der Waals surface area contributed by atoms with Gasteiger partial charge in [0.15, 0.2) is 0 Å². The van der Waals surface area contributed by atoms with Gasteiger partial charge in [-0.3, -0.25) is 4.98 Å². The summed E-state index contributed by atoms with van der Waals surface area (Å²) in [5.74, 6) is 0. The second kappa shape index (κ2) is 4.25. The number of pyridine rings is 1. The molecule has 2 aromatic carbocycles. The van der Waals surface area contributed by atoms with Gasteiger partial charge in [0, 0.05) is 17.2 Å². The van der Waals surface area contributed by atoms with E-state index in [0.29, 0.717) is 0 Å². The van der Waals surface area contributed by atoms with Gasteiger partial charge in [0.25, 0.3) is 0 Å². The summed E-state index contributed by atoms with van der Waals surface area (Å²) in [6.07, 6.45) is 1.93. The minimum absolute atomic E-state index is 0.0416. The molecule has 2 heterocycles. The standard InChI is InChI=1S/C22H21NSi/c1-22(2)15-9-6-12-18-20(15)19-14(21-16(22)10-7-13-23-21)8-5-11-17(19)24(18,3)4/h5-13H,1-4H3.